The maximum absolute atomic E-state index is 8.51. The molecule has 84 valence electrons. The van der Waals surface area contributed by atoms with Gasteiger partial charge in [-0.15, -0.1) is 0 Å². The van der Waals surface area contributed by atoms with Crippen LogP contribution in [0.4, 0.5) is 0 Å². The first-order chi connectivity index (χ1) is 6.65. The molecule has 0 aromatic carbocycles. The second-order valence-corrected chi connectivity index (χ2v) is 3.67. The van der Waals surface area contributed by atoms with E-state index < -0.39 is 0 Å². The number of rotatable bonds is 7. The average molecular weight is 201 g/mol. The lowest BCUT2D eigenvalue weighted by Gasteiger charge is -2.23. The zero-order valence-corrected chi connectivity index (χ0v) is 9.53. The number of oxime groups is 1. The summed E-state index contributed by atoms with van der Waals surface area (Å²) in [4.78, 5) is 2.33. The summed E-state index contributed by atoms with van der Waals surface area (Å²) >= 11 is 0. The van der Waals surface area contributed by atoms with Crippen LogP contribution in [0.2, 0.25) is 0 Å². The molecule has 0 fully saturated rings. The molecule has 0 rings (SSSR count). The Balaban J connectivity index is 3.91. The molecular formula is C10H23N3O. The van der Waals surface area contributed by atoms with Gasteiger partial charge in [0.2, 0.25) is 0 Å². The van der Waals surface area contributed by atoms with Crippen molar-refractivity contribution in [2.75, 3.05) is 19.6 Å². The highest BCUT2D eigenvalue weighted by molar-refractivity contribution is 5.82. The van der Waals surface area contributed by atoms with E-state index in [-0.39, 0.29) is 5.92 Å². The Morgan fingerprint density at radius 2 is 2.14 bits per heavy atom. The van der Waals surface area contributed by atoms with Gasteiger partial charge in [0.15, 0.2) is 0 Å². The maximum atomic E-state index is 8.51. The van der Waals surface area contributed by atoms with Gasteiger partial charge in [0.05, 0.1) is 0 Å². The summed E-state index contributed by atoms with van der Waals surface area (Å²) in [5.74, 6) is 0.441. The molecule has 0 aliphatic carbocycles. The van der Waals surface area contributed by atoms with Gasteiger partial charge in [0.1, 0.15) is 5.84 Å². The van der Waals surface area contributed by atoms with Crippen molar-refractivity contribution in [2.24, 2.45) is 16.8 Å². The minimum atomic E-state index is 0.122. The maximum Gasteiger partial charge on any atom is 0.143 e. The first kappa shape index (κ1) is 13.2. The van der Waals surface area contributed by atoms with Gasteiger partial charge in [-0.3, -0.25) is 0 Å². The lowest BCUT2D eigenvalue weighted by molar-refractivity contribution is 0.261. The van der Waals surface area contributed by atoms with Crippen LogP contribution in [-0.4, -0.2) is 35.6 Å². The third kappa shape index (κ3) is 5.07. The predicted octanol–water partition coefficient (Wildman–Crippen LogP) is 1.49. The number of unbranched alkanes of at least 4 members (excludes halogenated alkanes) is 1. The van der Waals surface area contributed by atoms with Crippen LogP contribution in [0, 0.1) is 5.92 Å². The highest BCUT2D eigenvalue weighted by Gasteiger charge is 2.11. The molecule has 0 radical (unpaired) electrons. The van der Waals surface area contributed by atoms with Crippen LogP contribution in [-0.2, 0) is 0 Å². The van der Waals surface area contributed by atoms with Gasteiger partial charge < -0.3 is 15.8 Å². The highest BCUT2D eigenvalue weighted by atomic mass is 16.4. The standard InChI is InChI=1S/C10H23N3O/c1-4-6-7-13(5-2)8-9(3)10(11)12-14/h9,14H,4-8H2,1-3H3,(H2,11,12). The van der Waals surface area contributed by atoms with E-state index in [2.05, 4.69) is 23.9 Å². The monoisotopic (exact) mass is 201 g/mol. The van der Waals surface area contributed by atoms with Crippen molar-refractivity contribution in [1.82, 2.24) is 4.90 Å². The van der Waals surface area contributed by atoms with Crippen LogP contribution in [0.1, 0.15) is 33.6 Å². The van der Waals surface area contributed by atoms with Crippen LogP contribution in [0.5, 0.6) is 0 Å². The average Bonchev–Trinajstić information content (AvgIpc) is 2.22. The molecule has 3 N–H and O–H groups in total. The number of hydrogen-bond donors (Lipinski definition) is 2. The van der Waals surface area contributed by atoms with Crippen molar-refractivity contribution < 1.29 is 5.21 Å². The Kier molecular flexibility index (Phi) is 7.20. The molecular weight excluding hydrogens is 178 g/mol. The molecule has 4 heteroatoms. The molecule has 0 aromatic rings. The molecule has 0 aromatic heterocycles. The summed E-state index contributed by atoms with van der Waals surface area (Å²) in [5.41, 5.74) is 5.52. The van der Waals surface area contributed by atoms with Crippen LogP contribution in [0.25, 0.3) is 0 Å². The van der Waals surface area contributed by atoms with E-state index >= 15 is 0 Å². The Morgan fingerprint density at radius 3 is 2.57 bits per heavy atom. The summed E-state index contributed by atoms with van der Waals surface area (Å²) in [6, 6.07) is 0. The first-order valence-corrected chi connectivity index (χ1v) is 5.35. The molecule has 0 saturated heterocycles. The molecule has 4 nitrogen and oxygen atoms in total. The summed E-state index contributed by atoms with van der Waals surface area (Å²) in [5, 5.41) is 11.5. The highest BCUT2D eigenvalue weighted by Crippen LogP contribution is 2.02. The molecule has 0 spiro atoms. The summed E-state index contributed by atoms with van der Waals surface area (Å²) < 4.78 is 0. The Morgan fingerprint density at radius 1 is 1.50 bits per heavy atom. The van der Waals surface area contributed by atoms with E-state index in [0.717, 1.165) is 19.6 Å². The minimum absolute atomic E-state index is 0.122. The van der Waals surface area contributed by atoms with E-state index in [9.17, 15) is 0 Å². The van der Waals surface area contributed by atoms with Crippen molar-refractivity contribution in [1.29, 1.82) is 0 Å². The second-order valence-electron chi connectivity index (χ2n) is 3.67. The normalized spacial score (nSPS) is 14.7. The van der Waals surface area contributed by atoms with Gasteiger partial charge in [-0.1, -0.05) is 32.3 Å². The van der Waals surface area contributed by atoms with E-state index in [1.165, 1.54) is 12.8 Å². The number of nitrogens with zero attached hydrogens (tertiary/aromatic N) is 2. The minimum Gasteiger partial charge on any atom is -0.409 e. The number of amidine groups is 1. The van der Waals surface area contributed by atoms with Crippen LogP contribution < -0.4 is 5.73 Å². The molecule has 1 atom stereocenters. The topological polar surface area (TPSA) is 61.8 Å². The van der Waals surface area contributed by atoms with Crippen molar-refractivity contribution in [3.8, 4) is 0 Å². The molecule has 0 amide bonds. The Hall–Kier alpha value is -0.770. The van der Waals surface area contributed by atoms with E-state index in [1.54, 1.807) is 0 Å². The molecule has 0 aliphatic heterocycles. The van der Waals surface area contributed by atoms with Gasteiger partial charge >= 0.3 is 0 Å². The zero-order chi connectivity index (χ0) is 11.0. The van der Waals surface area contributed by atoms with Crippen molar-refractivity contribution >= 4 is 5.84 Å². The van der Waals surface area contributed by atoms with Crippen molar-refractivity contribution in [2.45, 2.75) is 33.6 Å². The molecule has 14 heavy (non-hydrogen) atoms. The van der Waals surface area contributed by atoms with Gasteiger partial charge in [0, 0.05) is 12.5 Å². The van der Waals surface area contributed by atoms with E-state index in [0.29, 0.717) is 5.84 Å². The van der Waals surface area contributed by atoms with Gasteiger partial charge in [-0.05, 0) is 19.5 Å². The number of nitrogens with two attached hydrogens (primary N) is 1. The van der Waals surface area contributed by atoms with E-state index in [1.807, 2.05) is 6.92 Å². The van der Waals surface area contributed by atoms with Crippen LogP contribution in [0.3, 0.4) is 0 Å². The third-order valence-electron chi connectivity index (χ3n) is 2.43. The summed E-state index contributed by atoms with van der Waals surface area (Å²) in [6.45, 7) is 9.27. The van der Waals surface area contributed by atoms with Gasteiger partial charge in [-0.25, -0.2) is 0 Å². The SMILES string of the molecule is CCCCN(CC)CC(C)/C(N)=N/O. The van der Waals surface area contributed by atoms with Crippen LogP contribution >= 0.6 is 0 Å². The fourth-order valence-electron chi connectivity index (χ4n) is 1.34. The molecule has 0 aliphatic rings. The van der Waals surface area contributed by atoms with Gasteiger partial charge in [0.25, 0.3) is 0 Å². The molecule has 1 unspecified atom stereocenters. The van der Waals surface area contributed by atoms with Crippen molar-refractivity contribution in [3.05, 3.63) is 0 Å². The van der Waals surface area contributed by atoms with Gasteiger partial charge in [-0.2, -0.15) is 0 Å². The zero-order valence-electron chi connectivity index (χ0n) is 9.53. The quantitative estimate of drug-likeness (QED) is 0.284. The van der Waals surface area contributed by atoms with Crippen LogP contribution in [0.15, 0.2) is 5.16 Å². The lowest BCUT2D eigenvalue weighted by Crippen LogP contribution is -2.35. The fourth-order valence-corrected chi connectivity index (χ4v) is 1.34. The first-order valence-electron chi connectivity index (χ1n) is 5.35. The smallest absolute Gasteiger partial charge is 0.143 e. The third-order valence-corrected chi connectivity index (χ3v) is 2.43. The summed E-state index contributed by atoms with van der Waals surface area (Å²) in [6.07, 6.45) is 2.41. The second kappa shape index (κ2) is 7.62. The summed E-state index contributed by atoms with van der Waals surface area (Å²) in [7, 11) is 0. The van der Waals surface area contributed by atoms with Crippen molar-refractivity contribution in [3.63, 3.8) is 0 Å². The van der Waals surface area contributed by atoms with E-state index in [4.69, 9.17) is 10.9 Å². The molecule has 0 heterocycles. The molecule has 0 bridgehead atoms. The Bertz CT molecular complexity index is 171. The fraction of sp³-hybridized carbons (Fsp3) is 0.900. The lowest BCUT2D eigenvalue weighted by atomic mass is 10.1. The number of hydrogen-bond acceptors (Lipinski definition) is 3. The Labute approximate surface area is 86.8 Å². The molecule has 0 saturated carbocycles. The predicted molar refractivity (Wildman–Crippen MR) is 59.6 cm³/mol. The largest absolute Gasteiger partial charge is 0.409 e.